The van der Waals surface area contributed by atoms with Gasteiger partial charge in [0, 0.05) is 6.42 Å². The molecule has 0 amide bonds. The van der Waals surface area contributed by atoms with E-state index in [0.29, 0.717) is 0 Å². The van der Waals surface area contributed by atoms with E-state index in [2.05, 4.69) is 8.37 Å². The van der Waals surface area contributed by atoms with Gasteiger partial charge in [0.15, 0.2) is 16.6 Å². The summed E-state index contributed by atoms with van der Waals surface area (Å²) in [5, 5.41) is 31.9. The minimum atomic E-state index is -5.44. The molecule has 2 saturated heterocycles. The Morgan fingerprint density at radius 2 is 1.53 bits per heavy atom. The number of carboxylic acids is 1. The average Bonchev–Trinajstić information content (AvgIpc) is 2.63. The molecule has 0 aromatic carbocycles. The summed E-state index contributed by atoms with van der Waals surface area (Å²) in [6, 6.07) is -2.00. The summed E-state index contributed by atoms with van der Waals surface area (Å²) in [4.78, 5) is 11.4. The molecule has 0 spiro atoms. The molecule has 0 radical (unpaired) electrons. The van der Waals surface area contributed by atoms with Gasteiger partial charge >= 0.3 is 118 Å². The summed E-state index contributed by atoms with van der Waals surface area (Å²) >= 11 is 0. The van der Waals surface area contributed by atoms with Crippen molar-refractivity contribution in [1.29, 1.82) is 0 Å². The molecule has 2 heterocycles. The third kappa shape index (κ3) is 15.6. The van der Waals surface area contributed by atoms with Crippen LogP contribution in [-0.4, -0.2) is 117 Å². The number of hydrogen-bond donors (Lipinski definition) is 3. The zero-order valence-corrected chi connectivity index (χ0v) is 30.8. The van der Waals surface area contributed by atoms with Gasteiger partial charge in [0.25, 0.3) is 0 Å². The molecule has 2 aliphatic rings. The minimum Gasteiger partial charge on any atom is -0.735 e. The molecule has 2 aliphatic heterocycles. The molecule has 0 saturated carbocycles. The zero-order chi connectivity index (χ0) is 26.1. The number of aliphatic hydroxyl groups excluding tert-OH is 2. The Morgan fingerprint density at radius 3 is 1.97 bits per heavy atom. The molecule has 2 rings (SSSR count). The largest absolute Gasteiger partial charge is 1.00 e. The number of nitrogens with one attached hydrogen (secondary N) is 1. The maximum Gasteiger partial charge on any atom is 1.00 e. The minimum absolute atomic E-state index is 0. The molecule has 0 aliphatic carbocycles. The van der Waals surface area contributed by atoms with E-state index >= 15 is 0 Å². The van der Waals surface area contributed by atoms with Crippen LogP contribution in [-0.2, 0) is 58.5 Å². The first-order chi connectivity index (χ1) is 15.4. The van der Waals surface area contributed by atoms with Gasteiger partial charge < -0.3 is 48.0 Å². The Labute approximate surface area is 305 Å². The Bertz CT molecular complexity index is 1060. The number of hydrogen-bond acceptors (Lipinski definition) is 18. The summed E-state index contributed by atoms with van der Waals surface area (Å²) in [5.41, 5.74) is 0. The van der Waals surface area contributed by atoms with E-state index in [1.165, 1.54) is 4.72 Å². The van der Waals surface area contributed by atoms with Crippen molar-refractivity contribution >= 4 is 37.1 Å². The molecule has 26 heteroatoms. The molecule has 3 N–H and O–H groups in total. The van der Waals surface area contributed by atoms with Gasteiger partial charge in [0.1, 0.15) is 24.4 Å². The van der Waals surface area contributed by atoms with E-state index in [0.717, 1.165) is 0 Å². The number of aliphatic carboxylic acids is 1. The number of carboxylic acid groups (broad SMARTS) is 1. The average molecular weight is 651 g/mol. The second kappa shape index (κ2) is 18.6. The molecule has 8 atom stereocenters. The first-order valence-corrected chi connectivity index (χ1v) is 12.9. The van der Waals surface area contributed by atoms with Gasteiger partial charge in [-0.05, 0) is 0 Å². The SMILES string of the molecule is O=C([O-])C1OCC(OS(=O)(=O)[O-])[C@@H](O)[C@H]1O[C@@H]1OC(COS(=O)(=O)[O-])C[C@H](O)C1NS(=O)(=O)[O-].[Na+].[Na+].[Na+].[Na+]. The Balaban J connectivity index is -0.00000306. The van der Waals surface area contributed by atoms with Crippen molar-refractivity contribution in [3.63, 3.8) is 0 Å². The number of carbonyl (C=O) groups excluding carboxylic acids is 1. The fourth-order valence-corrected chi connectivity index (χ4v) is 4.53. The van der Waals surface area contributed by atoms with Crippen LogP contribution in [0.4, 0.5) is 0 Å². The maximum absolute atomic E-state index is 11.4. The standard InChI is InChI=1S/C12H21NO18S3.4Na/c14-5-1-4(2-28-33(21,22)23)29-12(7(5)13-32(18,19)20)30-9-8(15)6(31-34(24,25)26)3-27-10(9)11(16)17;;;;/h4-10,12-15H,1-3H2,(H,16,17)(H,18,19,20)(H,21,22,23)(H,24,25,26);;;;/q;4*+1/p-4/t4?,5-,6?,7?,8+,9+,10?,12-;;;;/m0..../s1. The molecule has 2 fully saturated rings. The predicted octanol–water partition coefficient (Wildman–Crippen LogP) is -18.9. The Kier molecular flexibility index (Phi) is 22.2. The molecule has 19 nitrogen and oxygen atoms in total. The number of aliphatic hydroxyl groups is 2. The molecule has 200 valence electrons. The van der Waals surface area contributed by atoms with Crippen molar-refractivity contribution in [2.24, 2.45) is 0 Å². The number of ether oxygens (including phenoxy) is 3. The summed E-state index contributed by atoms with van der Waals surface area (Å²) in [6.07, 6.45) is -14.9. The van der Waals surface area contributed by atoms with Gasteiger partial charge in [-0.3, -0.25) is 8.37 Å². The molecule has 0 aromatic heterocycles. The smallest absolute Gasteiger partial charge is 0.735 e. The van der Waals surface area contributed by atoms with Crippen LogP contribution in [0.25, 0.3) is 0 Å². The van der Waals surface area contributed by atoms with Gasteiger partial charge in [-0.1, -0.05) is 0 Å². The van der Waals surface area contributed by atoms with Crippen LogP contribution in [0, 0.1) is 0 Å². The topological polar surface area (TPSA) is 310 Å². The number of rotatable bonds is 10. The predicted molar refractivity (Wildman–Crippen MR) is 91.8 cm³/mol. The van der Waals surface area contributed by atoms with Crippen LogP contribution in [0.2, 0.25) is 0 Å². The van der Waals surface area contributed by atoms with Crippen LogP contribution in [0.5, 0.6) is 0 Å². The molecule has 0 aromatic rings. The molecule has 0 bridgehead atoms. The van der Waals surface area contributed by atoms with Gasteiger partial charge in [-0.2, -0.15) is 0 Å². The monoisotopic (exact) mass is 651 g/mol. The van der Waals surface area contributed by atoms with Crippen molar-refractivity contribution in [1.82, 2.24) is 4.72 Å². The second-order valence-electron chi connectivity index (χ2n) is 6.93. The van der Waals surface area contributed by atoms with E-state index < -0.39 is 106 Å². The first-order valence-electron chi connectivity index (χ1n) is 8.83. The Hall–Kier alpha value is 2.88. The zero-order valence-electron chi connectivity index (χ0n) is 20.4. The van der Waals surface area contributed by atoms with E-state index in [1.54, 1.807) is 0 Å². The maximum atomic E-state index is 11.4. The summed E-state index contributed by atoms with van der Waals surface area (Å²) in [6.45, 7) is -1.99. The van der Waals surface area contributed by atoms with Crippen molar-refractivity contribution < 1.29 is 200 Å². The molecular formula is C12H17NNa4O18S3. The summed E-state index contributed by atoms with van der Waals surface area (Å²) < 4.78 is 122. The van der Waals surface area contributed by atoms with Crippen molar-refractivity contribution in [3.05, 3.63) is 0 Å². The van der Waals surface area contributed by atoms with E-state index in [9.17, 15) is 59.0 Å². The van der Waals surface area contributed by atoms with Crippen molar-refractivity contribution in [2.45, 2.75) is 55.4 Å². The number of carbonyl (C=O) groups is 1. The normalized spacial score (nSPS) is 31.9. The van der Waals surface area contributed by atoms with E-state index in [-0.39, 0.29) is 118 Å². The van der Waals surface area contributed by atoms with Crippen molar-refractivity contribution in [3.8, 4) is 0 Å². The molecule has 4 unspecified atom stereocenters. The van der Waals surface area contributed by atoms with E-state index in [4.69, 9.17) is 14.2 Å². The van der Waals surface area contributed by atoms with Crippen LogP contribution >= 0.6 is 0 Å². The Morgan fingerprint density at radius 1 is 0.974 bits per heavy atom. The van der Waals surface area contributed by atoms with E-state index in [1.807, 2.05) is 0 Å². The van der Waals surface area contributed by atoms with Gasteiger partial charge in [0.05, 0.1) is 37.4 Å². The quantitative estimate of drug-likeness (QED) is 0.112. The van der Waals surface area contributed by atoms with Crippen LogP contribution in [0.15, 0.2) is 0 Å². The van der Waals surface area contributed by atoms with Gasteiger partial charge in [0.2, 0.25) is 20.8 Å². The molecule has 38 heavy (non-hydrogen) atoms. The third-order valence-corrected chi connectivity index (χ3v) is 5.91. The van der Waals surface area contributed by atoms with Gasteiger partial charge in [-0.25, -0.2) is 30.0 Å². The first kappa shape index (κ1) is 45.3. The van der Waals surface area contributed by atoms with Crippen molar-refractivity contribution in [2.75, 3.05) is 13.2 Å². The van der Waals surface area contributed by atoms with Crippen LogP contribution < -0.4 is 128 Å². The molecular weight excluding hydrogens is 634 g/mol. The van der Waals surface area contributed by atoms with Crippen LogP contribution in [0.3, 0.4) is 0 Å². The summed E-state index contributed by atoms with van der Waals surface area (Å²) in [5.74, 6) is -2.04. The van der Waals surface area contributed by atoms with Crippen LogP contribution in [0.1, 0.15) is 6.42 Å². The fraction of sp³-hybridized carbons (Fsp3) is 0.917. The summed E-state index contributed by atoms with van der Waals surface area (Å²) in [7, 11) is -16.0. The van der Waals surface area contributed by atoms with Gasteiger partial charge in [-0.15, -0.1) is 0 Å². The fourth-order valence-electron chi connectivity index (χ4n) is 3.14. The third-order valence-electron chi connectivity index (χ3n) is 4.44. The second-order valence-corrected chi connectivity index (χ2v) is 10.1.